The summed E-state index contributed by atoms with van der Waals surface area (Å²) in [6.45, 7) is 3.07. The molecule has 0 aliphatic heterocycles. The van der Waals surface area contributed by atoms with Gasteiger partial charge in [-0.25, -0.2) is 0 Å². The number of rotatable bonds is 9. The Bertz CT molecular complexity index is 327. The molecule has 0 saturated heterocycles. The fraction of sp³-hybridized carbons (Fsp3) is 0.625. The van der Waals surface area contributed by atoms with Gasteiger partial charge >= 0.3 is 0 Å². The van der Waals surface area contributed by atoms with E-state index in [4.69, 9.17) is 0 Å². The van der Waals surface area contributed by atoms with Crippen LogP contribution in [0, 0.1) is 0 Å². The van der Waals surface area contributed by atoms with E-state index in [1.165, 1.54) is 18.4 Å². The number of hydrogen-bond acceptors (Lipinski definition) is 3. The van der Waals surface area contributed by atoms with Crippen molar-refractivity contribution in [1.82, 2.24) is 10.2 Å². The third kappa shape index (κ3) is 6.19. The zero-order valence-corrected chi connectivity index (χ0v) is 12.5. The van der Waals surface area contributed by atoms with Gasteiger partial charge in [-0.05, 0) is 39.0 Å². The minimum atomic E-state index is -0.480. The van der Waals surface area contributed by atoms with Crippen LogP contribution in [0.5, 0.6) is 0 Å². The lowest BCUT2D eigenvalue weighted by atomic mass is 10.0. The zero-order chi connectivity index (χ0) is 14.1. The van der Waals surface area contributed by atoms with Crippen molar-refractivity contribution in [3.8, 4) is 0 Å². The van der Waals surface area contributed by atoms with Crippen LogP contribution in [0.3, 0.4) is 0 Å². The van der Waals surface area contributed by atoms with E-state index < -0.39 is 6.23 Å². The number of nitrogens with zero attached hydrogens (tertiary/aromatic N) is 1. The maximum Gasteiger partial charge on any atom is 0.120 e. The molecule has 0 radical (unpaired) electrons. The van der Waals surface area contributed by atoms with E-state index in [2.05, 4.69) is 29.3 Å². The first kappa shape index (κ1) is 16.2. The van der Waals surface area contributed by atoms with Gasteiger partial charge in [0, 0.05) is 0 Å². The van der Waals surface area contributed by atoms with Crippen LogP contribution in [0.4, 0.5) is 0 Å². The summed E-state index contributed by atoms with van der Waals surface area (Å²) in [7, 11) is 4.04. The number of hydrogen-bond donors (Lipinski definition) is 2. The molecular formula is C16H28N2O. The predicted molar refractivity (Wildman–Crippen MR) is 81.2 cm³/mol. The van der Waals surface area contributed by atoms with Gasteiger partial charge in [-0.1, -0.05) is 50.1 Å². The van der Waals surface area contributed by atoms with E-state index in [0.29, 0.717) is 0 Å². The number of benzene rings is 1. The van der Waals surface area contributed by atoms with Crippen LogP contribution < -0.4 is 5.32 Å². The summed E-state index contributed by atoms with van der Waals surface area (Å²) in [5.74, 6) is 0. The molecule has 108 valence electrons. The second-order valence-corrected chi connectivity index (χ2v) is 5.33. The lowest BCUT2D eigenvalue weighted by molar-refractivity contribution is 0.0490. The van der Waals surface area contributed by atoms with Crippen molar-refractivity contribution in [1.29, 1.82) is 0 Å². The van der Waals surface area contributed by atoms with Crippen molar-refractivity contribution in [2.24, 2.45) is 0 Å². The molecule has 3 heteroatoms. The molecule has 0 amide bonds. The highest BCUT2D eigenvalue weighted by Gasteiger charge is 2.20. The van der Waals surface area contributed by atoms with Crippen molar-refractivity contribution in [2.45, 2.75) is 44.9 Å². The molecule has 2 unspecified atom stereocenters. The summed E-state index contributed by atoms with van der Waals surface area (Å²) in [5.41, 5.74) is 1.26. The van der Waals surface area contributed by atoms with Gasteiger partial charge in [0.1, 0.15) is 6.23 Å². The van der Waals surface area contributed by atoms with Crippen molar-refractivity contribution in [3.63, 3.8) is 0 Å². The normalized spacial score (nSPS) is 14.6. The molecule has 0 spiro atoms. The molecule has 3 nitrogen and oxygen atoms in total. The Hall–Kier alpha value is -0.900. The van der Waals surface area contributed by atoms with Crippen molar-refractivity contribution < 1.29 is 5.11 Å². The summed E-state index contributed by atoms with van der Waals surface area (Å²) in [6.07, 6.45) is 3.92. The fourth-order valence-electron chi connectivity index (χ4n) is 2.19. The SMILES string of the molecule is CCCCCNC(O)C(Cc1ccccc1)N(C)C. The Morgan fingerprint density at radius 3 is 2.42 bits per heavy atom. The summed E-state index contributed by atoms with van der Waals surface area (Å²) >= 11 is 0. The number of nitrogens with one attached hydrogen (secondary N) is 1. The van der Waals surface area contributed by atoms with Gasteiger partial charge in [-0.15, -0.1) is 0 Å². The molecule has 0 bridgehead atoms. The summed E-state index contributed by atoms with van der Waals surface area (Å²) < 4.78 is 0. The number of aliphatic hydroxyl groups excluding tert-OH is 1. The fourth-order valence-corrected chi connectivity index (χ4v) is 2.19. The average Bonchev–Trinajstić information content (AvgIpc) is 2.41. The van der Waals surface area contributed by atoms with Crippen LogP contribution in [-0.2, 0) is 6.42 Å². The lowest BCUT2D eigenvalue weighted by Gasteiger charge is -2.30. The van der Waals surface area contributed by atoms with Gasteiger partial charge in [0.25, 0.3) is 0 Å². The minimum absolute atomic E-state index is 0.101. The van der Waals surface area contributed by atoms with Crippen molar-refractivity contribution in [3.05, 3.63) is 35.9 Å². The maximum atomic E-state index is 10.3. The van der Waals surface area contributed by atoms with Crippen LogP contribution in [0.25, 0.3) is 0 Å². The molecule has 0 aliphatic carbocycles. The molecule has 0 saturated carbocycles. The Labute approximate surface area is 117 Å². The molecule has 1 aromatic carbocycles. The van der Waals surface area contributed by atoms with Gasteiger partial charge in [-0.2, -0.15) is 0 Å². The van der Waals surface area contributed by atoms with Crippen LogP contribution in [-0.4, -0.2) is 42.9 Å². The molecule has 0 heterocycles. The summed E-state index contributed by atoms with van der Waals surface area (Å²) in [5, 5.41) is 13.5. The average molecular weight is 264 g/mol. The van der Waals surface area contributed by atoms with Gasteiger partial charge in [0.2, 0.25) is 0 Å². The first-order valence-corrected chi connectivity index (χ1v) is 7.27. The van der Waals surface area contributed by atoms with Crippen LogP contribution >= 0.6 is 0 Å². The predicted octanol–water partition coefficient (Wildman–Crippen LogP) is 2.26. The Kier molecular flexibility index (Phi) is 7.72. The number of likely N-dealkylation sites (N-methyl/N-ethyl adjacent to an activating group) is 1. The second-order valence-electron chi connectivity index (χ2n) is 5.33. The number of aliphatic hydroxyl groups is 1. The van der Waals surface area contributed by atoms with E-state index in [1.54, 1.807) is 0 Å². The zero-order valence-electron chi connectivity index (χ0n) is 12.5. The quantitative estimate of drug-likeness (QED) is 0.530. The topological polar surface area (TPSA) is 35.5 Å². The standard InChI is InChI=1S/C16H28N2O/c1-4-5-9-12-17-16(19)15(18(2)3)13-14-10-7-6-8-11-14/h6-8,10-11,15-17,19H,4-5,9,12-13H2,1-3H3. The Morgan fingerprint density at radius 1 is 1.16 bits per heavy atom. The molecule has 0 fully saturated rings. The highest BCUT2D eigenvalue weighted by Crippen LogP contribution is 2.09. The van der Waals surface area contributed by atoms with Gasteiger partial charge < -0.3 is 10.0 Å². The van der Waals surface area contributed by atoms with E-state index >= 15 is 0 Å². The maximum absolute atomic E-state index is 10.3. The minimum Gasteiger partial charge on any atom is -0.377 e. The van der Waals surface area contributed by atoms with E-state index in [-0.39, 0.29) is 6.04 Å². The molecular weight excluding hydrogens is 236 g/mol. The largest absolute Gasteiger partial charge is 0.377 e. The van der Waals surface area contributed by atoms with E-state index in [9.17, 15) is 5.11 Å². The highest BCUT2D eigenvalue weighted by atomic mass is 16.3. The molecule has 19 heavy (non-hydrogen) atoms. The molecule has 0 aliphatic rings. The van der Waals surface area contributed by atoms with E-state index in [0.717, 1.165) is 19.4 Å². The Morgan fingerprint density at radius 2 is 1.84 bits per heavy atom. The molecule has 2 N–H and O–H groups in total. The van der Waals surface area contributed by atoms with Gasteiger partial charge in [0.15, 0.2) is 0 Å². The van der Waals surface area contributed by atoms with Crippen LogP contribution in [0.1, 0.15) is 31.7 Å². The molecule has 1 aromatic rings. The van der Waals surface area contributed by atoms with Gasteiger partial charge in [-0.3, -0.25) is 5.32 Å². The van der Waals surface area contributed by atoms with Crippen molar-refractivity contribution in [2.75, 3.05) is 20.6 Å². The third-order valence-electron chi connectivity index (χ3n) is 3.45. The first-order valence-electron chi connectivity index (χ1n) is 7.27. The molecule has 2 atom stereocenters. The monoisotopic (exact) mass is 264 g/mol. The van der Waals surface area contributed by atoms with Crippen LogP contribution in [0.15, 0.2) is 30.3 Å². The smallest absolute Gasteiger partial charge is 0.120 e. The second kappa shape index (κ2) is 9.08. The molecule has 0 aromatic heterocycles. The number of unbranched alkanes of at least 4 members (excludes halogenated alkanes) is 2. The van der Waals surface area contributed by atoms with Crippen molar-refractivity contribution >= 4 is 0 Å². The first-order chi connectivity index (χ1) is 9.15. The van der Waals surface area contributed by atoms with Crippen LogP contribution in [0.2, 0.25) is 0 Å². The summed E-state index contributed by atoms with van der Waals surface area (Å²) in [4.78, 5) is 2.09. The van der Waals surface area contributed by atoms with Gasteiger partial charge in [0.05, 0.1) is 6.04 Å². The Balaban J connectivity index is 2.47. The molecule has 1 rings (SSSR count). The van der Waals surface area contributed by atoms with E-state index in [1.807, 2.05) is 32.3 Å². The summed E-state index contributed by atoms with van der Waals surface area (Å²) in [6, 6.07) is 10.4. The lowest BCUT2D eigenvalue weighted by Crippen LogP contribution is -2.48. The highest BCUT2D eigenvalue weighted by molar-refractivity contribution is 5.16. The third-order valence-corrected chi connectivity index (χ3v) is 3.45.